The van der Waals surface area contributed by atoms with Crippen LogP contribution in [0.5, 0.6) is 0 Å². The average Bonchev–Trinajstić information content (AvgIpc) is 3.08. The van der Waals surface area contributed by atoms with Crippen molar-refractivity contribution in [2.45, 2.75) is 19.9 Å². The van der Waals surface area contributed by atoms with Crippen LogP contribution in [-0.4, -0.2) is 28.3 Å². The van der Waals surface area contributed by atoms with Crippen LogP contribution in [0, 0.1) is 0 Å². The van der Waals surface area contributed by atoms with Crippen molar-refractivity contribution in [3.8, 4) is 0 Å². The summed E-state index contributed by atoms with van der Waals surface area (Å²) in [6.45, 7) is 1.96. The van der Waals surface area contributed by atoms with Crippen LogP contribution in [0.25, 0.3) is 17.0 Å². The van der Waals surface area contributed by atoms with E-state index < -0.39 is 23.8 Å². The summed E-state index contributed by atoms with van der Waals surface area (Å²) in [7, 11) is 0. The van der Waals surface area contributed by atoms with E-state index in [0.29, 0.717) is 11.3 Å². The lowest BCUT2D eigenvalue weighted by Gasteiger charge is -2.26. The fourth-order valence-corrected chi connectivity index (χ4v) is 3.62. The maximum absolute atomic E-state index is 13.1. The summed E-state index contributed by atoms with van der Waals surface area (Å²) in [6, 6.07) is 13.5. The van der Waals surface area contributed by atoms with Gasteiger partial charge in [-0.2, -0.15) is 0 Å². The van der Waals surface area contributed by atoms with Gasteiger partial charge in [-0.1, -0.05) is 37.3 Å². The summed E-state index contributed by atoms with van der Waals surface area (Å²) in [5.74, 6) is -2.01. The van der Waals surface area contributed by atoms with Gasteiger partial charge >= 0.3 is 6.03 Å². The molecule has 0 aliphatic carbocycles. The minimum Gasteiger partial charge on any atom is -0.368 e. The molecule has 1 aliphatic heterocycles. The maximum atomic E-state index is 13.1. The second-order valence-corrected chi connectivity index (χ2v) is 7.17. The number of nitrogens with one attached hydrogen (secondary N) is 1. The number of fused-ring (bicyclic) bond motifs is 1. The third-order valence-corrected chi connectivity index (χ3v) is 5.15. The van der Waals surface area contributed by atoms with Crippen molar-refractivity contribution in [2.24, 2.45) is 5.73 Å². The Kier molecular flexibility index (Phi) is 5.12. The SMILES string of the molecule is CCc1ccc(N2C(=O)NC(=O)/C(=C\c3cn(CC(N)=O)c4ccccc34)C2=O)cc1. The number of para-hydroxylation sites is 1. The predicted molar refractivity (Wildman–Crippen MR) is 116 cm³/mol. The van der Waals surface area contributed by atoms with Crippen molar-refractivity contribution < 1.29 is 19.2 Å². The van der Waals surface area contributed by atoms with Crippen molar-refractivity contribution in [2.75, 3.05) is 4.90 Å². The highest BCUT2D eigenvalue weighted by Gasteiger charge is 2.37. The van der Waals surface area contributed by atoms with Gasteiger partial charge in [0.2, 0.25) is 5.91 Å². The highest BCUT2D eigenvalue weighted by atomic mass is 16.2. The molecule has 0 bridgehead atoms. The number of hydrogen-bond acceptors (Lipinski definition) is 4. The van der Waals surface area contributed by atoms with Crippen LogP contribution in [0.15, 0.2) is 60.3 Å². The van der Waals surface area contributed by atoms with Crippen LogP contribution in [0.3, 0.4) is 0 Å². The van der Waals surface area contributed by atoms with Crippen molar-refractivity contribution >= 4 is 46.4 Å². The standard InChI is InChI=1S/C23H20N4O4/c1-2-14-7-9-16(10-8-14)27-22(30)18(21(29)25-23(27)31)11-15-12-26(13-20(24)28)19-6-4-3-5-17(15)19/h3-12H,2,13H2,1H3,(H2,24,28)(H,25,29,31)/b18-11+. The second kappa shape index (κ2) is 7.91. The number of primary amides is 1. The van der Waals surface area contributed by atoms with Crippen LogP contribution in [0.1, 0.15) is 18.1 Å². The predicted octanol–water partition coefficient (Wildman–Crippen LogP) is 2.36. The molecular weight excluding hydrogens is 396 g/mol. The third-order valence-electron chi connectivity index (χ3n) is 5.15. The molecule has 3 aromatic rings. The minimum atomic E-state index is -0.799. The van der Waals surface area contributed by atoms with Crippen LogP contribution in [0.2, 0.25) is 0 Å². The molecule has 4 rings (SSSR count). The van der Waals surface area contributed by atoms with E-state index >= 15 is 0 Å². The Morgan fingerprint density at radius 3 is 2.45 bits per heavy atom. The monoisotopic (exact) mass is 416 g/mol. The van der Waals surface area contributed by atoms with Crippen molar-refractivity contribution in [3.05, 3.63) is 71.4 Å². The normalized spacial score (nSPS) is 15.6. The number of barbiturate groups is 1. The Morgan fingerprint density at radius 1 is 1.06 bits per heavy atom. The Bertz CT molecular complexity index is 1250. The number of rotatable bonds is 5. The Hall–Kier alpha value is -4.20. The topological polar surface area (TPSA) is 114 Å². The molecule has 1 aliphatic rings. The number of imide groups is 2. The number of aryl methyl sites for hydroxylation is 1. The molecule has 5 amide bonds. The zero-order valence-electron chi connectivity index (χ0n) is 16.8. The Labute approximate surface area is 177 Å². The lowest BCUT2D eigenvalue weighted by atomic mass is 10.1. The molecule has 0 spiro atoms. The lowest BCUT2D eigenvalue weighted by Crippen LogP contribution is -2.54. The molecule has 2 aromatic carbocycles. The molecule has 156 valence electrons. The number of nitrogens with zero attached hydrogens (tertiary/aromatic N) is 2. The third kappa shape index (κ3) is 3.71. The van der Waals surface area contributed by atoms with Gasteiger partial charge in [0.1, 0.15) is 12.1 Å². The molecule has 1 saturated heterocycles. The van der Waals surface area contributed by atoms with Gasteiger partial charge in [-0.25, -0.2) is 9.69 Å². The van der Waals surface area contributed by atoms with Gasteiger partial charge in [0.25, 0.3) is 11.8 Å². The van der Waals surface area contributed by atoms with E-state index in [4.69, 9.17) is 5.73 Å². The van der Waals surface area contributed by atoms with Crippen molar-refractivity contribution in [1.29, 1.82) is 0 Å². The maximum Gasteiger partial charge on any atom is 0.335 e. The van der Waals surface area contributed by atoms with Crippen LogP contribution < -0.4 is 16.0 Å². The number of nitrogens with two attached hydrogens (primary N) is 1. The zero-order valence-corrected chi connectivity index (χ0v) is 16.8. The van der Waals surface area contributed by atoms with Gasteiger partial charge in [0.15, 0.2) is 0 Å². The number of benzene rings is 2. The highest BCUT2D eigenvalue weighted by Crippen LogP contribution is 2.26. The van der Waals surface area contributed by atoms with Crippen LogP contribution in [0.4, 0.5) is 10.5 Å². The number of aromatic nitrogens is 1. The summed E-state index contributed by atoms with van der Waals surface area (Å²) in [6.07, 6.45) is 3.90. The largest absolute Gasteiger partial charge is 0.368 e. The zero-order chi connectivity index (χ0) is 22.1. The average molecular weight is 416 g/mol. The summed E-state index contributed by atoms with van der Waals surface area (Å²) in [4.78, 5) is 50.4. The molecule has 0 saturated carbocycles. The Morgan fingerprint density at radius 2 is 1.77 bits per heavy atom. The Balaban J connectivity index is 1.78. The van der Waals surface area contributed by atoms with Gasteiger partial charge in [0, 0.05) is 22.7 Å². The summed E-state index contributed by atoms with van der Waals surface area (Å²) >= 11 is 0. The van der Waals surface area contributed by atoms with Gasteiger partial charge in [-0.3, -0.25) is 19.7 Å². The van der Waals surface area contributed by atoms with Gasteiger partial charge < -0.3 is 10.3 Å². The van der Waals surface area contributed by atoms with E-state index in [9.17, 15) is 19.2 Å². The number of amides is 5. The molecule has 2 heterocycles. The molecule has 0 atom stereocenters. The van der Waals surface area contributed by atoms with E-state index in [1.165, 1.54) is 6.08 Å². The first-order valence-corrected chi connectivity index (χ1v) is 9.75. The molecule has 8 nitrogen and oxygen atoms in total. The van der Waals surface area contributed by atoms with E-state index in [2.05, 4.69) is 5.32 Å². The molecular formula is C23H20N4O4. The number of carbonyl (C=O) groups is 4. The number of urea groups is 1. The van der Waals surface area contributed by atoms with E-state index in [-0.39, 0.29) is 12.1 Å². The first-order chi connectivity index (χ1) is 14.9. The van der Waals surface area contributed by atoms with Crippen LogP contribution >= 0.6 is 0 Å². The smallest absolute Gasteiger partial charge is 0.335 e. The summed E-state index contributed by atoms with van der Waals surface area (Å²) in [5, 5.41) is 2.97. The van der Waals surface area contributed by atoms with Gasteiger partial charge in [0.05, 0.1) is 5.69 Å². The van der Waals surface area contributed by atoms with E-state index in [0.717, 1.165) is 27.8 Å². The van der Waals surface area contributed by atoms with Gasteiger partial charge in [-0.05, 0) is 36.3 Å². The molecule has 8 heteroatoms. The molecule has 1 fully saturated rings. The molecule has 0 radical (unpaired) electrons. The fraction of sp³-hybridized carbons (Fsp3) is 0.130. The first-order valence-electron chi connectivity index (χ1n) is 9.75. The van der Waals surface area contributed by atoms with Gasteiger partial charge in [-0.15, -0.1) is 0 Å². The minimum absolute atomic E-state index is 0.0434. The van der Waals surface area contributed by atoms with E-state index in [1.54, 1.807) is 22.9 Å². The molecule has 1 aromatic heterocycles. The van der Waals surface area contributed by atoms with Crippen molar-refractivity contribution in [3.63, 3.8) is 0 Å². The van der Waals surface area contributed by atoms with Crippen LogP contribution in [-0.2, 0) is 27.3 Å². The fourth-order valence-electron chi connectivity index (χ4n) is 3.62. The summed E-state index contributed by atoms with van der Waals surface area (Å²) < 4.78 is 1.65. The molecule has 31 heavy (non-hydrogen) atoms. The summed E-state index contributed by atoms with van der Waals surface area (Å²) in [5.41, 5.74) is 7.88. The number of carbonyl (C=O) groups excluding carboxylic acids is 4. The van der Waals surface area contributed by atoms with E-state index in [1.807, 2.05) is 43.3 Å². The quantitative estimate of drug-likeness (QED) is 0.491. The molecule has 0 unspecified atom stereocenters. The lowest BCUT2D eigenvalue weighted by molar-refractivity contribution is -0.122. The highest BCUT2D eigenvalue weighted by molar-refractivity contribution is 6.39. The second-order valence-electron chi connectivity index (χ2n) is 7.17. The van der Waals surface area contributed by atoms with Crippen molar-refractivity contribution in [1.82, 2.24) is 9.88 Å². The number of anilines is 1. The number of hydrogen-bond donors (Lipinski definition) is 2. The first kappa shape index (κ1) is 20.1. The molecule has 3 N–H and O–H groups in total.